The highest BCUT2D eigenvalue weighted by atomic mass is 32.2. The first-order valence-corrected chi connectivity index (χ1v) is 5.69. The second-order valence-corrected chi connectivity index (χ2v) is 5.29. The molecule has 0 heterocycles. The molecule has 0 spiro atoms. The van der Waals surface area contributed by atoms with E-state index >= 15 is 0 Å². The lowest BCUT2D eigenvalue weighted by molar-refractivity contribution is 0.350. The highest BCUT2D eigenvalue weighted by Crippen LogP contribution is 2.27. The molecule has 0 saturated heterocycles. The zero-order valence-electron chi connectivity index (χ0n) is 7.08. The van der Waals surface area contributed by atoms with Gasteiger partial charge < -0.3 is 5.73 Å². The minimum absolute atomic E-state index is 0.190. The Hall–Kier alpha value is 0.110. The van der Waals surface area contributed by atoms with Crippen LogP contribution in [0.3, 0.4) is 0 Å². The third kappa shape index (κ3) is 2.56. The van der Waals surface area contributed by atoms with Gasteiger partial charge in [0.1, 0.15) is 0 Å². The third-order valence-corrected chi connectivity index (χ3v) is 4.30. The van der Waals surface area contributed by atoms with Gasteiger partial charge in [0.2, 0.25) is 0 Å². The molecule has 1 aliphatic carbocycles. The smallest absolute Gasteiger partial charge is 0.0442 e. The summed E-state index contributed by atoms with van der Waals surface area (Å²) in [6.45, 7) is 2.52. The topological polar surface area (TPSA) is 43.1 Å². The van der Waals surface area contributed by atoms with Gasteiger partial charge in [-0.15, -0.1) is 0 Å². The molecule has 3 heteroatoms. The first-order chi connectivity index (χ1) is 5.24. The molecule has 0 aromatic heterocycles. The average molecular weight is 175 g/mol. The molecule has 2 nitrogen and oxygen atoms in total. The van der Waals surface area contributed by atoms with Crippen molar-refractivity contribution in [2.24, 2.45) is 11.7 Å². The SMILES string of the molecule is CC(CN)S(=O)CC1CCC1. The highest BCUT2D eigenvalue weighted by Gasteiger charge is 2.21. The van der Waals surface area contributed by atoms with Gasteiger partial charge in [-0.2, -0.15) is 0 Å². The van der Waals surface area contributed by atoms with Crippen molar-refractivity contribution in [2.45, 2.75) is 31.4 Å². The van der Waals surface area contributed by atoms with E-state index in [-0.39, 0.29) is 5.25 Å². The van der Waals surface area contributed by atoms with Crippen LogP contribution in [0.1, 0.15) is 26.2 Å². The maximum Gasteiger partial charge on any atom is 0.0442 e. The van der Waals surface area contributed by atoms with Crippen molar-refractivity contribution in [3.05, 3.63) is 0 Å². The van der Waals surface area contributed by atoms with Crippen molar-refractivity contribution < 1.29 is 4.21 Å². The second-order valence-electron chi connectivity index (χ2n) is 3.39. The van der Waals surface area contributed by atoms with Crippen LogP contribution in [0.2, 0.25) is 0 Å². The molecule has 2 N–H and O–H groups in total. The third-order valence-electron chi connectivity index (χ3n) is 2.41. The van der Waals surface area contributed by atoms with Gasteiger partial charge in [-0.05, 0) is 25.7 Å². The molecule has 1 saturated carbocycles. The van der Waals surface area contributed by atoms with Gasteiger partial charge in [0.25, 0.3) is 0 Å². The van der Waals surface area contributed by atoms with Crippen LogP contribution in [0.5, 0.6) is 0 Å². The summed E-state index contributed by atoms with van der Waals surface area (Å²) >= 11 is 0. The normalized spacial score (nSPS) is 24.2. The van der Waals surface area contributed by atoms with E-state index in [1.807, 2.05) is 6.92 Å². The number of hydrogen-bond acceptors (Lipinski definition) is 2. The summed E-state index contributed by atoms with van der Waals surface area (Å²) in [5, 5.41) is 0.190. The van der Waals surface area contributed by atoms with Crippen LogP contribution in [-0.2, 0) is 10.8 Å². The summed E-state index contributed by atoms with van der Waals surface area (Å²) in [6, 6.07) is 0. The maximum atomic E-state index is 11.4. The average Bonchev–Trinajstić information content (AvgIpc) is 1.94. The van der Waals surface area contributed by atoms with Crippen molar-refractivity contribution in [1.29, 1.82) is 0 Å². The molecule has 0 aliphatic heterocycles. The number of hydrogen-bond donors (Lipinski definition) is 1. The standard InChI is InChI=1S/C8H17NOS/c1-7(5-9)11(10)6-8-3-2-4-8/h7-8H,2-6,9H2,1H3. The first-order valence-electron chi connectivity index (χ1n) is 4.31. The van der Waals surface area contributed by atoms with E-state index in [4.69, 9.17) is 5.73 Å². The molecule has 11 heavy (non-hydrogen) atoms. The molecule has 0 amide bonds. The van der Waals surface area contributed by atoms with Gasteiger partial charge in [0.05, 0.1) is 0 Å². The van der Waals surface area contributed by atoms with Crippen molar-refractivity contribution in [3.8, 4) is 0 Å². The van der Waals surface area contributed by atoms with Gasteiger partial charge in [0.15, 0.2) is 0 Å². The Balaban J connectivity index is 2.19. The van der Waals surface area contributed by atoms with Crippen LogP contribution in [0, 0.1) is 5.92 Å². The molecule has 2 atom stereocenters. The fraction of sp³-hybridized carbons (Fsp3) is 1.00. The molecule has 1 fully saturated rings. The van der Waals surface area contributed by atoms with Crippen molar-refractivity contribution in [3.63, 3.8) is 0 Å². The van der Waals surface area contributed by atoms with E-state index in [9.17, 15) is 4.21 Å². The highest BCUT2D eigenvalue weighted by molar-refractivity contribution is 7.85. The fourth-order valence-corrected chi connectivity index (χ4v) is 2.50. The molecule has 1 aliphatic rings. The van der Waals surface area contributed by atoms with Crippen molar-refractivity contribution in [1.82, 2.24) is 0 Å². The Morgan fingerprint density at radius 3 is 2.64 bits per heavy atom. The Morgan fingerprint density at radius 2 is 2.27 bits per heavy atom. The molecule has 0 aromatic carbocycles. The molecule has 0 aromatic rings. The first kappa shape index (κ1) is 9.20. The molecule has 2 unspecified atom stereocenters. The van der Waals surface area contributed by atoms with Gasteiger partial charge in [-0.1, -0.05) is 6.42 Å². The Kier molecular flexibility index (Phi) is 3.52. The Bertz CT molecular complexity index is 145. The minimum Gasteiger partial charge on any atom is -0.329 e. The van der Waals surface area contributed by atoms with Crippen LogP contribution >= 0.6 is 0 Å². The summed E-state index contributed by atoms with van der Waals surface area (Å²) in [6.07, 6.45) is 3.89. The van der Waals surface area contributed by atoms with E-state index in [1.165, 1.54) is 19.3 Å². The van der Waals surface area contributed by atoms with Gasteiger partial charge in [-0.3, -0.25) is 4.21 Å². The maximum absolute atomic E-state index is 11.4. The van der Waals surface area contributed by atoms with Gasteiger partial charge in [0, 0.05) is 28.3 Å². The van der Waals surface area contributed by atoms with E-state index in [0.717, 1.165) is 11.7 Å². The zero-order valence-corrected chi connectivity index (χ0v) is 7.90. The molecule has 1 rings (SSSR count). The predicted octanol–water partition coefficient (Wildman–Crippen LogP) is 0.882. The van der Waals surface area contributed by atoms with Crippen LogP contribution < -0.4 is 5.73 Å². The summed E-state index contributed by atoms with van der Waals surface area (Å²) in [4.78, 5) is 0. The van der Waals surface area contributed by atoms with Gasteiger partial charge in [-0.25, -0.2) is 0 Å². The summed E-state index contributed by atoms with van der Waals surface area (Å²) in [7, 11) is -0.669. The predicted molar refractivity (Wildman–Crippen MR) is 48.9 cm³/mol. The lowest BCUT2D eigenvalue weighted by Crippen LogP contribution is -2.28. The minimum atomic E-state index is -0.669. The van der Waals surface area contributed by atoms with Crippen LogP contribution in [0.15, 0.2) is 0 Å². The van der Waals surface area contributed by atoms with Crippen LogP contribution in [-0.4, -0.2) is 21.8 Å². The Morgan fingerprint density at radius 1 is 1.64 bits per heavy atom. The summed E-state index contributed by atoms with van der Waals surface area (Å²) < 4.78 is 11.4. The number of rotatable bonds is 4. The molecule has 0 radical (unpaired) electrons. The van der Waals surface area contributed by atoms with E-state index in [0.29, 0.717) is 6.54 Å². The van der Waals surface area contributed by atoms with Gasteiger partial charge >= 0.3 is 0 Å². The molecular weight excluding hydrogens is 158 g/mol. The number of nitrogens with two attached hydrogens (primary N) is 1. The largest absolute Gasteiger partial charge is 0.329 e. The van der Waals surface area contributed by atoms with Crippen LogP contribution in [0.25, 0.3) is 0 Å². The zero-order chi connectivity index (χ0) is 8.27. The quantitative estimate of drug-likeness (QED) is 0.689. The van der Waals surface area contributed by atoms with Crippen molar-refractivity contribution in [2.75, 3.05) is 12.3 Å². The monoisotopic (exact) mass is 175 g/mol. The van der Waals surface area contributed by atoms with Crippen LogP contribution in [0.4, 0.5) is 0 Å². The second kappa shape index (κ2) is 4.21. The van der Waals surface area contributed by atoms with E-state index < -0.39 is 10.8 Å². The van der Waals surface area contributed by atoms with E-state index in [1.54, 1.807) is 0 Å². The molecular formula is C8H17NOS. The van der Waals surface area contributed by atoms with Crippen molar-refractivity contribution >= 4 is 10.8 Å². The molecule has 66 valence electrons. The molecule has 0 bridgehead atoms. The Labute approximate surface area is 71.0 Å². The van der Waals surface area contributed by atoms with E-state index in [2.05, 4.69) is 0 Å². The summed E-state index contributed by atoms with van der Waals surface area (Å²) in [5.74, 6) is 1.63. The fourth-order valence-electron chi connectivity index (χ4n) is 1.16. The lowest BCUT2D eigenvalue weighted by atomic mass is 9.87. The summed E-state index contributed by atoms with van der Waals surface area (Å²) in [5.41, 5.74) is 5.42. The lowest BCUT2D eigenvalue weighted by Gasteiger charge is -2.25.